The van der Waals surface area contributed by atoms with E-state index in [1.807, 2.05) is 29.5 Å². The zero-order chi connectivity index (χ0) is 31.2. The highest BCUT2D eigenvalue weighted by Gasteiger charge is 2.28. The molecule has 5 rings (SSSR count). The van der Waals surface area contributed by atoms with Crippen LogP contribution >= 0.6 is 11.6 Å². The molecule has 1 amide bonds. The summed E-state index contributed by atoms with van der Waals surface area (Å²) in [6.45, 7) is 6.49. The monoisotopic (exact) mass is 630 g/mol. The van der Waals surface area contributed by atoms with Crippen molar-refractivity contribution in [1.29, 1.82) is 0 Å². The van der Waals surface area contributed by atoms with Crippen molar-refractivity contribution >= 4 is 50.1 Å². The van der Waals surface area contributed by atoms with Gasteiger partial charge in [0.2, 0.25) is 16.0 Å². The van der Waals surface area contributed by atoms with Crippen LogP contribution in [0, 0.1) is 19.7 Å². The smallest absolute Gasteiger partial charge is 0.285 e. The van der Waals surface area contributed by atoms with Crippen molar-refractivity contribution in [3.63, 3.8) is 0 Å². The first-order valence-electron chi connectivity index (χ1n) is 13.6. The maximum Gasteiger partial charge on any atom is 0.285 e. The van der Waals surface area contributed by atoms with E-state index < -0.39 is 22.0 Å². The standard InChI is InChI=1S/C28H32ClFN8O4S/c1-14-12-18(15(2)31-20-6-7-21(29)32-25(20)26(39)36-43(5,41)42)24-19(13-14)27(40)37(4)28(33-24)38-10-8-17(9-11-38)23-22(30)16(3)34-35-23/h6-7,12-13,15,17,31H,8-11H2,1-5H3,(H,34,35)(H,36,39)/t15-/m1/s1. The molecule has 43 heavy (non-hydrogen) atoms. The first-order chi connectivity index (χ1) is 20.2. The fourth-order valence-electron chi connectivity index (χ4n) is 5.46. The number of piperidine rings is 1. The van der Waals surface area contributed by atoms with Crippen LogP contribution in [0.3, 0.4) is 0 Å². The Bertz CT molecular complexity index is 1900. The van der Waals surface area contributed by atoms with E-state index in [4.69, 9.17) is 16.6 Å². The highest BCUT2D eigenvalue weighted by atomic mass is 35.5. The van der Waals surface area contributed by atoms with Crippen molar-refractivity contribution in [3.8, 4) is 0 Å². The van der Waals surface area contributed by atoms with Crippen LogP contribution in [-0.2, 0) is 17.1 Å². The Kier molecular flexibility index (Phi) is 8.18. The first kappa shape index (κ1) is 30.4. The summed E-state index contributed by atoms with van der Waals surface area (Å²) < 4.78 is 41.3. The fourth-order valence-corrected chi connectivity index (χ4v) is 6.05. The second-order valence-corrected chi connectivity index (χ2v) is 13.1. The summed E-state index contributed by atoms with van der Waals surface area (Å²) in [5.41, 5.74) is 2.72. The minimum Gasteiger partial charge on any atom is -0.377 e. The SMILES string of the molecule is Cc1cc([C@@H](C)Nc2ccc(Cl)nc2C(=O)NS(C)(=O)=O)c2nc(N3CCC(c4n[nH]c(C)c4F)CC3)n(C)c(=O)c2c1. The summed E-state index contributed by atoms with van der Waals surface area (Å²) in [7, 11) is -2.16. The number of carbonyl (C=O) groups is 1. The van der Waals surface area contributed by atoms with Gasteiger partial charge in [-0.25, -0.2) is 27.5 Å². The lowest BCUT2D eigenvalue weighted by Crippen LogP contribution is -2.38. The van der Waals surface area contributed by atoms with Gasteiger partial charge in [0, 0.05) is 31.6 Å². The second kappa shape index (κ2) is 11.6. The molecule has 0 saturated carbocycles. The molecule has 0 bridgehead atoms. The number of carbonyl (C=O) groups excluding carboxylic acids is 1. The number of nitrogens with one attached hydrogen (secondary N) is 3. The number of anilines is 2. The second-order valence-electron chi connectivity index (χ2n) is 10.9. The topological polar surface area (TPSA) is 155 Å². The molecule has 0 aliphatic carbocycles. The summed E-state index contributed by atoms with van der Waals surface area (Å²) in [5, 5.41) is 10.5. The largest absolute Gasteiger partial charge is 0.377 e. The molecule has 228 valence electrons. The Morgan fingerprint density at radius 2 is 1.88 bits per heavy atom. The van der Waals surface area contributed by atoms with E-state index in [9.17, 15) is 22.4 Å². The lowest BCUT2D eigenvalue weighted by Gasteiger charge is -2.33. The number of H-pyrrole nitrogens is 1. The summed E-state index contributed by atoms with van der Waals surface area (Å²) in [6.07, 6.45) is 2.16. The van der Waals surface area contributed by atoms with Gasteiger partial charge in [-0.1, -0.05) is 17.7 Å². The molecule has 3 N–H and O–H groups in total. The number of benzene rings is 1. The van der Waals surface area contributed by atoms with Crippen LogP contribution in [0.5, 0.6) is 0 Å². The van der Waals surface area contributed by atoms with Crippen LogP contribution < -0.4 is 20.5 Å². The molecule has 1 atom stereocenters. The van der Waals surface area contributed by atoms with Crippen molar-refractivity contribution in [2.45, 2.75) is 45.6 Å². The van der Waals surface area contributed by atoms with Gasteiger partial charge in [0.05, 0.1) is 34.6 Å². The van der Waals surface area contributed by atoms with Crippen LogP contribution in [0.2, 0.25) is 5.15 Å². The summed E-state index contributed by atoms with van der Waals surface area (Å²) in [5.74, 6) is -0.781. The van der Waals surface area contributed by atoms with Gasteiger partial charge < -0.3 is 10.2 Å². The molecule has 15 heteroatoms. The number of fused-ring (bicyclic) bond motifs is 1. The lowest BCUT2D eigenvalue weighted by atomic mass is 9.93. The Morgan fingerprint density at radius 1 is 1.19 bits per heavy atom. The van der Waals surface area contributed by atoms with Crippen molar-refractivity contribution in [2.24, 2.45) is 7.05 Å². The number of pyridine rings is 1. The summed E-state index contributed by atoms with van der Waals surface area (Å²) in [6, 6.07) is 6.22. The van der Waals surface area contributed by atoms with Gasteiger partial charge in [-0.2, -0.15) is 5.10 Å². The molecule has 0 spiro atoms. The average Bonchev–Trinajstić information content (AvgIpc) is 3.28. The van der Waals surface area contributed by atoms with Gasteiger partial charge in [0.25, 0.3) is 11.5 Å². The number of rotatable bonds is 7. The van der Waals surface area contributed by atoms with Gasteiger partial charge >= 0.3 is 0 Å². The number of aromatic nitrogens is 5. The van der Waals surface area contributed by atoms with E-state index in [0.717, 1.165) is 11.8 Å². The number of aryl methyl sites for hydroxylation is 2. The highest BCUT2D eigenvalue weighted by Crippen LogP contribution is 2.33. The third kappa shape index (κ3) is 6.20. The predicted octanol–water partition coefficient (Wildman–Crippen LogP) is 3.71. The molecule has 1 aliphatic rings. The van der Waals surface area contributed by atoms with Crippen LogP contribution in [0.15, 0.2) is 29.1 Å². The average molecular weight is 631 g/mol. The molecule has 1 aliphatic heterocycles. The van der Waals surface area contributed by atoms with E-state index >= 15 is 0 Å². The van der Waals surface area contributed by atoms with Crippen molar-refractivity contribution in [2.75, 3.05) is 29.6 Å². The van der Waals surface area contributed by atoms with E-state index in [0.29, 0.717) is 59.7 Å². The molecular weight excluding hydrogens is 599 g/mol. The summed E-state index contributed by atoms with van der Waals surface area (Å²) in [4.78, 5) is 37.3. The van der Waals surface area contributed by atoms with Crippen molar-refractivity contribution in [3.05, 3.63) is 73.8 Å². The minimum absolute atomic E-state index is 0.0154. The Labute approximate surface area is 252 Å². The molecular formula is C28H32ClFN8O4S. The third-order valence-electron chi connectivity index (χ3n) is 7.59. The van der Waals surface area contributed by atoms with E-state index in [1.165, 1.54) is 16.7 Å². The third-order valence-corrected chi connectivity index (χ3v) is 8.35. The Balaban J connectivity index is 1.49. The fraction of sp³-hybridized carbons (Fsp3) is 0.393. The molecule has 1 saturated heterocycles. The molecule has 0 radical (unpaired) electrons. The van der Waals surface area contributed by atoms with Crippen molar-refractivity contribution in [1.82, 2.24) is 29.5 Å². The van der Waals surface area contributed by atoms with Crippen LogP contribution in [0.1, 0.15) is 64.7 Å². The van der Waals surface area contributed by atoms with E-state index in [2.05, 4.69) is 20.5 Å². The van der Waals surface area contributed by atoms with Crippen LogP contribution in [0.4, 0.5) is 16.0 Å². The molecule has 1 fully saturated rings. The van der Waals surface area contributed by atoms with E-state index in [1.54, 1.807) is 20.0 Å². The van der Waals surface area contributed by atoms with Gasteiger partial charge in [0.15, 0.2) is 11.5 Å². The zero-order valence-electron chi connectivity index (χ0n) is 24.3. The maximum absolute atomic E-state index is 14.5. The van der Waals surface area contributed by atoms with Crippen molar-refractivity contribution < 1.29 is 17.6 Å². The molecule has 3 aromatic heterocycles. The lowest BCUT2D eigenvalue weighted by molar-refractivity contribution is 0.0977. The molecule has 1 aromatic carbocycles. The number of nitrogens with zero attached hydrogens (tertiary/aromatic N) is 5. The number of halogens is 2. The van der Waals surface area contributed by atoms with Crippen LogP contribution in [-0.4, -0.2) is 58.4 Å². The minimum atomic E-state index is -3.85. The highest BCUT2D eigenvalue weighted by molar-refractivity contribution is 7.89. The quantitative estimate of drug-likeness (QED) is 0.259. The molecule has 4 heterocycles. The van der Waals surface area contributed by atoms with Gasteiger partial charge in [-0.05, 0) is 57.4 Å². The molecule has 12 nitrogen and oxygen atoms in total. The van der Waals surface area contributed by atoms with Crippen LogP contribution in [0.25, 0.3) is 10.9 Å². The number of sulfonamides is 1. The zero-order valence-corrected chi connectivity index (χ0v) is 25.9. The number of aromatic amines is 1. The van der Waals surface area contributed by atoms with Gasteiger partial charge in [0.1, 0.15) is 10.8 Å². The number of amides is 1. The molecule has 4 aromatic rings. The number of hydrogen-bond donors (Lipinski definition) is 3. The first-order valence-corrected chi connectivity index (χ1v) is 15.9. The van der Waals surface area contributed by atoms with Gasteiger partial charge in [-0.15, -0.1) is 0 Å². The predicted molar refractivity (Wildman–Crippen MR) is 163 cm³/mol. The normalized spacial score (nSPS) is 15.1. The number of hydrogen-bond acceptors (Lipinski definition) is 9. The maximum atomic E-state index is 14.5. The molecule has 0 unspecified atom stereocenters. The summed E-state index contributed by atoms with van der Waals surface area (Å²) >= 11 is 6.02. The Morgan fingerprint density at radius 3 is 2.51 bits per heavy atom. The Hall–Kier alpha value is -4.04. The van der Waals surface area contributed by atoms with E-state index in [-0.39, 0.29) is 33.8 Å². The van der Waals surface area contributed by atoms with Gasteiger partial charge in [-0.3, -0.25) is 19.3 Å².